The fourth-order valence-corrected chi connectivity index (χ4v) is 11.6. The molecule has 0 fully saturated rings. The zero-order valence-corrected chi connectivity index (χ0v) is 35.7. The van der Waals surface area contributed by atoms with Gasteiger partial charge in [0.25, 0.3) is 0 Å². The van der Waals surface area contributed by atoms with Crippen molar-refractivity contribution in [2.45, 2.75) is 13.8 Å². The summed E-state index contributed by atoms with van der Waals surface area (Å²) in [5.74, 6) is 0. The van der Waals surface area contributed by atoms with Crippen molar-refractivity contribution in [1.82, 2.24) is 4.57 Å². The molecule has 13 aromatic rings. The van der Waals surface area contributed by atoms with E-state index < -0.39 is 0 Å². The van der Waals surface area contributed by atoms with Gasteiger partial charge in [0, 0.05) is 53.4 Å². The summed E-state index contributed by atoms with van der Waals surface area (Å²) in [5.41, 5.74) is 12.3. The van der Waals surface area contributed by atoms with Gasteiger partial charge in [-0.15, -0.1) is 11.3 Å². The highest BCUT2D eigenvalue weighted by atomic mass is 32.1. The number of nitrogens with zero attached hydrogens (tertiary/aromatic N) is 2. The molecule has 296 valence electrons. The Balaban J connectivity index is 0.948. The molecule has 2 aromatic heterocycles. The lowest BCUT2D eigenvalue weighted by Crippen LogP contribution is -2.10. The lowest BCUT2D eigenvalue weighted by molar-refractivity contribution is 1.18. The van der Waals surface area contributed by atoms with E-state index in [0.29, 0.717) is 0 Å². The highest BCUT2D eigenvalue weighted by Gasteiger charge is 2.21. The molecule has 0 atom stereocenters. The molecule has 2 nitrogen and oxygen atoms in total. The van der Waals surface area contributed by atoms with Crippen molar-refractivity contribution in [2.24, 2.45) is 0 Å². The van der Waals surface area contributed by atoms with Crippen LogP contribution in [0.1, 0.15) is 25.0 Å². The molecule has 0 aliphatic heterocycles. The van der Waals surface area contributed by atoms with E-state index in [9.17, 15) is 0 Å². The number of hydrogen-bond donors (Lipinski definition) is 0. The maximum atomic E-state index is 2.46. The Morgan fingerprint density at radius 2 is 1.03 bits per heavy atom. The second-order valence-corrected chi connectivity index (χ2v) is 18.0. The molecule has 0 aliphatic rings. The first-order chi connectivity index (χ1) is 31.1. The molecule has 11 aromatic carbocycles. The molecule has 2 heterocycles. The minimum atomic E-state index is 1.14. The zero-order valence-electron chi connectivity index (χ0n) is 34.9. The molecule has 0 amide bonds. The van der Waals surface area contributed by atoms with Crippen LogP contribution in [0.4, 0.5) is 17.1 Å². The predicted molar refractivity (Wildman–Crippen MR) is 274 cm³/mol. The van der Waals surface area contributed by atoms with Crippen molar-refractivity contribution in [3.05, 3.63) is 217 Å². The number of fused-ring (bicyclic) bond motifs is 7. The van der Waals surface area contributed by atoms with Crippen LogP contribution < -0.4 is 4.90 Å². The minimum Gasteiger partial charge on any atom is -0.310 e. The summed E-state index contributed by atoms with van der Waals surface area (Å²) in [5, 5.41) is 15.3. The van der Waals surface area contributed by atoms with Crippen molar-refractivity contribution >= 4 is 125 Å². The summed E-state index contributed by atoms with van der Waals surface area (Å²) in [4.78, 5) is 2.46. The number of thiophene rings is 1. The largest absolute Gasteiger partial charge is 0.310 e. The van der Waals surface area contributed by atoms with Gasteiger partial charge >= 0.3 is 0 Å². The molecule has 0 aliphatic carbocycles. The van der Waals surface area contributed by atoms with Gasteiger partial charge < -0.3 is 9.47 Å². The van der Waals surface area contributed by atoms with Crippen molar-refractivity contribution < 1.29 is 0 Å². The van der Waals surface area contributed by atoms with Crippen LogP contribution in [0.25, 0.3) is 102 Å². The maximum Gasteiger partial charge on any atom is 0.0547 e. The molecule has 0 spiro atoms. The highest BCUT2D eigenvalue weighted by molar-refractivity contribution is 7.25. The van der Waals surface area contributed by atoms with E-state index in [1.54, 1.807) is 0 Å². The number of benzene rings is 11. The van der Waals surface area contributed by atoms with Crippen molar-refractivity contribution in [1.29, 1.82) is 0 Å². The van der Waals surface area contributed by atoms with E-state index in [2.05, 4.69) is 230 Å². The first-order valence-electron chi connectivity index (χ1n) is 21.7. The lowest BCUT2D eigenvalue weighted by Gasteiger charge is -2.28. The number of anilines is 3. The van der Waals surface area contributed by atoms with Crippen molar-refractivity contribution in [2.75, 3.05) is 4.90 Å². The van der Waals surface area contributed by atoms with Gasteiger partial charge in [-0.2, -0.15) is 0 Å². The highest BCUT2D eigenvalue weighted by Crippen LogP contribution is 2.47. The van der Waals surface area contributed by atoms with Gasteiger partial charge in [0.2, 0.25) is 0 Å². The van der Waals surface area contributed by atoms with Crippen LogP contribution in [0.15, 0.2) is 206 Å². The molecule has 0 bridgehead atoms. The van der Waals surface area contributed by atoms with Crippen LogP contribution in [0.2, 0.25) is 0 Å². The van der Waals surface area contributed by atoms with Gasteiger partial charge in [0.15, 0.2) is 0 Å². The molecular weight excluding hydrogens is 781 g/mol. The third-order valence-electron chi connectivity index (χ3n) is 13.6. The topological polar surface area (TPSA) is 8.17 Å². The zero-order chi connectivity index (χ0) is 41.8. The number of para-hydroxylation sites is 1. The van der Waals surface area contributed by atoms with Crippen LogP contribution in [0.5, 0.6) is 0 Å². The number of rotatable bonds is 6. The summed E-state index contributed by atoms with van der Waals surface area (Å²) in [7, 11) is 0. The van der Waals surface area contributed by atoms with Gasteiger partial charge in [-0.05, 0) is 134 Å². The van der Waals surface area contributed by atoms with Crippen LogP contribution in [-0.2, 0) is 0 Å². The molecule has 0 radical (unpaired) electrons. The smallest absolute Gasteiger partial charge is 0.0547 e. The van der Waals surface area contributed by atoms with Gasteiger partial charge in [0.05, 0.1) is 16.7 Å². The Kier molecular flexibility index (Phi) is 7.94. The Morgan fingerprint density at radius 1 is 0.397 bits per heavy atom. The summed E-state index contributed by atoms with van der Waals surface area (Å²) >= 11 is 1.89. The van der Waals surface area contributed by atoms with Gasteiger partial charge in [-0.1, -0.05) is 146 Å². The summed E-state index contributed by atoms with van der Waals surface area (Å²) in [6.45, 7) is 4.59. The molecule has 0 unspecified atom stereocenters. The Labute approximate surface area is 369 Å². The minimum absolute atomic E-state index is 1.14. The number of aromatic nitrogens is 1. The average Bonchev–Trinajstić information content (AvgIpc) is 3.89. The standard InChI is InChI=1S/C60H40N2S/c1-37(38(2)47-31-32-55-60-53(47)29-24-40-16-12-22-54(59(40)60)62(55)44-17-4-3-5-18-44)41-25-28-51-52-30-27-46(36-58(52)63-57(51)35-41)61(45-26-23-39-13-6-7-14-42(39)33-45)56-34-43-15-8-9-19-48(43)49-20-10-11-21-50(49)56/h3-36H,1-2H3/b38-37+. The third kappa shape index (κ3) is 5.50. The van der Waals surface area contributed by atoms with Gasteiger partial charge in [-0.25, -0.2) is 0 Å². The summed E-state index contributed by atoms with van der Waals surface area (Å²) in [6, 6.07) is 76.3. The monoisotopic (exact) mass is 820 g/mol. The quantitative estimate of drug-likeness (QED) is 0.120. The lowest BCUT2D eigenvalue weighted by atomic mass is 9.91. The van der Waals surface area contributed by atoms with Crippen molar-refractivity contribution in [3.63, 3.8) is 0 Å². The predicted octanol–water partition coefficient (Wildman–Crippen LogP) is 17.6. The number of allylic oxidation sites excluding steroid dienone is 2. The van der Waals surface area contributed by atoms with Crippen LogP contribution >= 0.6 is 11.3 Å². The van der Waals surface area contributed by atoms with Crippen LogP contribution in [0, 0.1) is 0 Å². The van der Waals surface area contributed by atoms with E-state index in [4.69, 9.17) is 0 Å². The molecule has 0 saturated heterocycles. The Bertz CT molecular complexity index is 4000. The number of hydrogen-bond acceptors (Lipinski definition) is 2. The fourth-order valence-electron chi connectivity index (χ4n) is 10.4. The molecule has 3 heteroatoms. The molecule has 63 heavy (non-hydrogen) atoms. The third-order valence-corrected chi connectivity index (χ3v) is 14.7. The molecule has 13 rings (SSSR count). The van der Waals surface area contributed by atoms with E-state index >= 15 is 0 Å². The van der Waals surface area contributed by atoms with Crippen LogP contribution in [-0.4, -0.2) is 4.57 Å². The second kappa shape index (κ2) is 13.9. The first kappa shape index (κ1) is 36.0. The average molecular weight is 821 g/mol. The summed E-state index contributed by atoms with van der Waals surface area (Å²) in [6.07, 6.45) is 0. The first-order valence-corrected chi connectivity index (χ1v) is 22.6. The Morgan fingerprint density at radius 3 is 1.89 bits per heavy atom. The maximum absolute atomic E-state index is 2.46. The van der Waals surface area contributed by atoms with E-state index in [0.717, 1.165) is 11.4 Å². The second-order valence-electron chi connectivity index (χ2n) is 16.9. The molecular formula is C60H40N2S. The summed E-state index contributed by atoms with van der Waals surface area (Å²) < 4.78 is 5.00. The van der Waals surface area contributed by atoms with Gasteiger partial charge in [-0.3, -0.25) is 0 Å². The SMILES string of the molecule is C/C(=C(/C)c1ccc2c3c1ccc1cccc(c13)n2-c1ccccc1)c1ccc2c(c1)sc1cc(N(c3ccc4ccccc4c3)c3cc4ccccc4c4ccccc34)ccc12. The van der Waals surface area contributed by atoms with Crippen LogP contribution in [0.3, 0.4) is 0 Å². The molecule has 0 N–H and O–H groups in total. The fraction of sp³-hybridized carbons (Fsp3) is 0.0333. The van der Waals surface area contributed by atoms with E-state index in [1.165, 1.54) is 119 Å². The van der Waals surface area contributed by atoms with E-state index in [1.807, 2.05) is 11.3 Å². The Hall–Kier alpha value is -7.72. The van der Waals surface area contributed by atoms with Crippen molar-refractivity contribution in [3.8, 4) is 5.69 Å². The molecule has 0 saturated carbocycles. The van der Waals surface area contributed by atoms with E-state index in [-0.39, 0.29) is 0 Å². The van der Waals surface area contributed by atoms with Gasteiger partial charge in [0.1, 0.15) is 0 Å². The normalized spacial score (nSPS) is 12.5.